The highest BCUT2D eigenvalue weighted by Gasteiger charge is 2.56. The van der Waals surface area contributed by atoms with E-state index in [1.807, 2.05) is 6.92 Å². The van der Waals surface area contributed by atoms with E-state index in [4.69, 9.17) is 14.7 Å². The molecule has 3 rings (SSSR count). The monoisotopic (exact) mass is 263 g/mol. The van der Waals surface area contributed by atoms with Gasteiger partial charge in [0.1, 0.15) is 5.92 Å². The Kier molecular flexibility index (Phi) is 3.15. The number of nitrogens with zero attached hydrogens (tertiary/aromatic N) is 1. The maximum Gasteiger partial charge on any atom is 0.160 e. The second kappa shape index (κ2) is 4.57. The number of hydrogen-bond donors (Lipinski definition) is 0. The molecule has 4 nitrogen and oxygen atoms in total. The molecule has 1 saturated carbocycles. The number of hydrogen-bond acceptors (Lipinski definition) is 4. The fraction of sp³-hybridized carbons (Fsp3) is 0.867. The third kappa shape index (κ3) is 1.83. The quantitative estimate of drug-likeness (QED) is 0.728. The Hall–Kier alpha value is -0.920. The van der Waals surface area contributed by atoms with Gasteiger partial charge >= 0.3 is 0 Å². The average molecular weight is 263 g/mol. The van der Waals surface area contributed by atoms with E-state index in [1.165, 1.54) is 0 Å². The summed E-state index contributed by atoms with van der Waals surface area (Å²) in [7, 11) is 0. The molecule has 0 aromatic rings. The zero-order chi connectivity index (χ0) is 13.6. The van der Waals surface area contributed by atoms with E-state index in [9.17, 15) is 4.79 Å². The lowest BCUT2D eigenvalue weighted by molar-refractivity contribution is -0.170. The lowest BCUT2D eigenvalue weighted by Gasteiger charge is -2.43. The Bertz CT molecular complexity index is 418. The molecule has 0 unspecified atom stereocenters. The summed E-state index contributed by atoms with van der Waals surface area (Å²) in [6, 6.07) is 2.17. The highest BCUT2D eigenvalue weighted by atomic mass is 16.7. The van der Waals surface area contributed by atoms with E-state index in [2.05, 4.69) is 13.0 Å². The molecule has 0 aromatic carbocycles. The Morgan fingerprint density at radius 3 is 2.84 bits per heavy atom. The van der Waals surface area contributed by atoms with Crippen LogP contribution in [0.5, 0.6) is 0 Å². The summed E-state index contributed by atoms with van der Waals surface area (Å²) < 4.78 is 11.6. The van der Waals surface area contributed by atoms with Crippen LogP contribution in [0.15, 0.2) is 0 Å². The number of rotatable bonds is 1. The van der Waals surface area contributed by atoms with E-state index < -0.39 is 11.3 Å². The van der Waals surface area contributed by atoms with Crippen molar-refractivity contribution in [1.29, 1.82) is 5.26 Å². The van der Waals surface area contributed by atoms with Crippen molar-refractivity contribution in [3.05, 3.63) is 0 Å². The van der Waals surface area contributed by atoms with E-state index in [0.29, 0.717) is 12.3 Å². The van der Waals surface area contributed by atoms with Crippen LogP contribution in [0.25, 0.3) is 0 Å². The minimum Gasteiger partial charge on any atom is -0.352 e. The standard InChI is InChI=1S/C15H21NO3/c1-9-3-4-11(8-16)13(17)15(9,2)12-7-10-5-6-18-14(10)19-12/h9-12,14H,3-7H2,1-2H3/t9-,10+,11+,12-,14-,15-/m1/s1. The van der Waals surface area contributed by atoms with E-state index in [-0.39, 0.29) is 24.1 Å². The predicted molar refractivity (Wildman–Crippen MR) is 68.0 cm³/mol. The lowest BCUT2D eigenvalue weighted by Crippen LogP contribution is -2.50. The molecule has 1 aliphatic carbocycles. The minimum absolute atomic E-state index is 0.0820. The number of nitriles is 1. The molecular weight excluding hydrogens is 242 g/mol. The van der Waals surface area contributed by atoms with Crippen molar-refractivity contribution in [2.45, 2.75) is 51.9 Å². The fourth-order valence-electron chi connectivity index (χ4n) is 3.93. The average Bonchev–Trinajstić information content (AvgIpc) is 2.97. The summed E-state index contributed by atoms with van der Waals surface area (Å²) in [5.74, 6) is 0.336. The van der Waals surface area contributed by atoms with Gasteiger partial charge in [0.05, 0.1) is 24.2 Å². The van der Waals surface area contributed by atoms with Crippen molar-refractivity contribution in [2.75, 3.05) is 6.61 Å². The highest BCUT2D eigenvalue weighted by Crippen LogP contribution is 2.50. The number of fused-ring (bicyclic) bond motifs is 1. The summed E-state index contributed by atoms with van der Waals surface area (Å²) in [4.78, 5) is 12.7. The number of ether oxygens (including phenoxy) is 2. The zero-order valence-electron chi connectivity index (χ0n) is 11.6. The van der Waals surface area contributed by atoms with Gasteiger partial charge in [-0.25, -0.2) is 0 Å². The van der Waals surface area contributed by atoms with Gasteiger partial charge in [0.15, 0.2) is 12.1 Å². The first kappa shape index (κ1) is 13.1. The maximum atomic E-state index is 12.7. The van der Waals surface area contributed by atoms with Crippen molar-refractivity contribution in [1.82, 2.24) is 0 Å². The molecule has 2 saturated heterocycles. The topological polar surface area (TPSA) is 59.3 Å². The molecule has 0 aromatic heterocycles. The van der Waals surface area contributed by atoms with Crippen LogP contribution in [0, 0.1) is 34.5 Å². The van der Waals surface area contributed by atoms with Gasteiger partial charge in [-0.15, -0.1) is 0 Å². The van der Waals surface area contributed by atoms with Gasteiger partial charge in [0, 0.05) is 5.92 Å². The van der Waals surface area contributed by atoms with Crippen molar-refractivity contribution >= 4 is 5.78 Å². The van der Waals surface area contributed by atoms with Crippen LogP contribution in [0.3, 0.4) is 0 Å². The lowest BCUT2D eigenvalue weighted by atomic mass is 9.60. The Morgan fingerprint density at radius 1 is 1.37 bits per heavy atom. The van der Waals surface area contributed by atoms with Crippen molar-refractivity contribution in [2.24, 2.45) is 23.2 Å². The first-order valence-corrected chi connectivity index (χ1v) is 7.28. The van der Waals surface area contributed by atoms with Crippen LogP contribution < -0.4 is 0 Å². The molecule has 3 aliphatic rings. The van der Waals surface area contributed by atoms with Crippen LogP contribution in [-0.2, 0) is 14.3 Å². The fourth-order valence-corrected chi connectivity index (χ4v) is 3.93. The third-order valence-corrected chi connectivity index (χ3v) is 5.56. The SMILES string of the molecule is C[C@@H]1CC[C@@H](C#N)C(=O)[C@@]1(C)[C@H]1C[C@@H]2CCO[C@@H]2O1. The second-order valence-electron chi connectivity index (χ2n) is 6.46. The molecule has 19 heavy (non-hydrogen) atoms. The molecule has 0 radical (unpaired) electrons. The molecule has 0 bridgehead atoms. The van der Waals surface area contributed by atoms with Gasteiger partial charge < -0.3 is 9.47 Å². The predicted octanol–water partition coefficient (Wildman–Crippen LogP) is 2.28. The first-order chi connectivity index (χ1) is 9.07. The minimum atomic E-state index is -0.521. The van der Waals surface area contributed by atoms with Gasteiger partial charge in [0.2, 0.25) is 0 Å². The van der Waals surface area contributed by atoms with Gasteiger partial charge in [0.25, 0.3) is 0 Å². The summed E-state index contributed by atoms with van der Waals surface area (Å²) >= 11 is 0. The second-order valence-corrected chi connectivity index (χ2v) is 6.46. The van der Waals surface area contributed by atoms with E-state index in [0.717, 1.165) is 25.9 Å². The maximum absolute atomic E-state index is 12.7. The summed E-state index contributed by atoms with van der Waals surface area (Å²) in [6.07, 6.45) is 3.35. The molecule has 0 amide bonds. The van der Waals surface area contributed by atoms with E-state index >= 15 is 0 Å². The van der Waals surface area contributed by atoms with Crippen LogP contribution in [0.4, 0.5) is 0 Å². The largest absolute Gasteiger partial charge is 0.352 e. The number of Topliss-reactive ketones (excluding diaryl/α,β-unsaturated/α-hetero) is 1. The number of carbonyl (C=O) groups is 1. The Balaban J connectivity index is 1.84. The molecule has 3 fully saturated rings. The van der Waals surface area contributed by atoms with Crippen LogP contribution in [0.1, 0.15) is 39.5 Å². The van der Waals surface area contributed by atoms with E-state index in [1.54, 1.807) is 0 Å². The van der Waals surface area contributed by atoms with Gasteiger partial charge in [-0.05, 0) is 38.5 Å². The van der Waals surface area contributed by atoms with Crippen LogP contribution >= 0.6 is 0 Å². The summed E-state index contributed by atoms with van der Waals surface area (Å²) in [5, 5.41) is 9.15. The molecule has 0 spiro atoms. The normalized spacial score (nSPS) is 49.9. The van der Waals surface area contributed by atoms with Crippen molar-refractivity contribution < 1.29 is 14.3 Å². The van der Waals surface area contributed by atoms with Gasteiger partial charge in [-0.3, -0.25) is 4.79 Å². The molecule has 104 valence electrons. The Morgan fingerprint density at radius 2 is 2.16 bits per heavy atom. The van der Waals surface area contributed by atoms with Gasteiger partial charge in [-0.1, -0.05) is 6.92 Å². The Labute approximate surface area is 114 Å². The molecule has 4 heteroatoms. The molecule has 6 atom stereocenters. The van der Waals surface area contributed by atoms with Crippen molar-refractivity contribution in [3.8, 4) is 6.07 Å². The smallest absolute Gasteiger partial charge is 0.160 e. The molecule has 2 heterocycles. The van der Waals surface area contributed by atoms with Crippen LogP contribution in [0.2, 0.25) is 0 Å². The third-order valence-electron chi connectivity index (χ3n) is 5.56. The zero-order valence-corrected chi connectivity index (χ0v) is 11.6. The van der Waals surface area contributed by atoms with Gasteiger partial charge in [-0.2, -0.15) is 5.26 Å². The number of carbonyl (C=O) groups excluding carboxylic acids is 1. The summed E-state index contributed by atoms with van der Waals surface area (Å²) in [5.41, 5.74) is -0.521. The number of ketones is 1. The summed E-state index contributed by atoms with van der Waals surface area (Å²) in [6.45, 7) is 4.88. The molecular formula is C15H21NO3. The highest BCUT2D eigenvalue weighted by molar-refractivity contribution is 5.90. The van der Waals surface area contributed by atoms with Crippen molar-refractivity contribution in [3.63, 3.8) is 0 Å². The van der Waals surface area contributed by atoms with Crippen LogP contribution in [-0.4, -0.2) is 24.8 Å². The molecule has 0 N–H and O–H groups in total. The first-order valence-electron chi connectivity index (χ1n) is 7.28. The molecule has 2 aliphatic heterocycles.